The predicted molar refractivity (Wildman–Crippen MR) is 113 cm³/mol. The monoisotopic (exact) mass is 404 g/mol. The molecule has 1 heterocycles. The van der Waals surface area contributed by atoms with Gasteiger partial charge in [-0.2, -0.15) is 14.9 Å². The number of benzene rings is 3. The fourth-order valence-corrected chi connectivity index (χ4v) is 2.91. The second-order valence-electron chi connectivity index (χ2n) is 6.26. The number of hydrogen-bond acceptors (Lipinski definition) is 4. The minimum atomic E-state index is -0.349. The van der Waals surface area contributed by atoms with Crippen molar-refractivity contribution in [2.24, 2.45) is 5.10 Å². The molecule has 7 heteroatoms. The molecule has 4 rings (SSSR count). The lowest BCUT2D eigenvalue weighted by Gasteiger charge is -2.06. The third kappa shape index (κ3) is 4.64. The highest BCUT2D eigenvalue weighted by atomic mass is 32.1. The van der Waals surface area contributed by atoms with Crippen LogP contribution in [0.4, 0.5) is 4.39 Å². The number of rotatable bonds is 6. The molecule has 5 nitrogen and oxygen atoms in total. The molecule has 29 heavy (non-hydrogen) atoms. The van der Waals surface area contributed by atoms with E-state index in [2.05, 4.69) is 15.3 Å². The van der Waals surface area contributed by atoms with E-state index in [0.29, 0.717) is 22.8 Å². The van der Waals surface area contributed by atoms with Gasteiger partial charge in [-0.1, -0.05) is 42.5 Å². The molecule has 144 valence electrons. The van der Waals surface area contributed by atoms with Crippen LogP contribution < -0.4 is 4.74 Å². The summed E-state index contributed by atoms with van der Waals surface area (Å²) in [5.74, 6) is 0.859. The van der Waals surface area contributed by atoms with Crippen molar-refractivity contribution in [3.63, 3.8) is 0 Å². The Morgan fingerprint density at radius 2 is 1.83 bits per heavy atom. The van der Waals surface area contributed by atoms with E-state index in [1.165, 1.54) is 16.8 Å². The molecule has 1 aromatic heterocycles. The Morgan fingerprint density at radius 1 is 1.03 bits per heavy atom. The van der Waals surface area contributed by atoms with E-state index in [9.17, 15) is 4.39 Å². The van der Waals surface area contributed by atoms with Gasteiger partial charge in [0.15, 0.2) is 5.82 Å². The predicted octanol–water partition coefficient (Wildman–Crippen LogP) is 5.21. The van der Waals surface area contributed by atoms with Crippen molar-refractivity contribution < 1.29 is 9.13 Å². The third-order valence-corrected chi connectivity index (χ3v) is 4.45. The molecule has 0 saturated heterocycles. The Hall–Kier alpha value is -3.58. The number of nitrogens with one attached hydrogen (secondary N) is 1. The highest BCUT2D eigenvalue weighted by molar-refractivity contribution is 7.71. The Labute approximate surface area is 172 Å². The number of H-pyrrole nitrogens is 1. The van der Waals surface area contributed by atoms with E-state index in [-0.39, 0.29) is 5.82 Å². The summed E-state index contributed by atoms with van der Waals surface area (Å²) in [6.45, 7) is 0.509. The number of aromatic amines is 1. The summed E-state index contributed by atoms with van der Waals surface area (Å²) in [6.07, 6.45) is 1.66. The normalized spacial score (nSPS) is 11.1. The van der Waals surface area contributed by atoms with E-state index >= 15 is 0 Å². The van der Waals surface area contributed by atoms with Gasteiger partial charge < -0.3 is 4.74 Å². The van der Waals surface area contributed by atoms with E-state index in [1.54, 1.807) is 18.3 Å². The van der Waals surface area contributed by atoms with Gasteiger partial charge in [-0.3, -0.25) is 0 Å². The Balaban J connectivity index is 1.48. The quantitative estimate of drug-likeness (QED) is 0.355. The first-order chi connectivity index (χ1) is 14.2. The number of ether oxygens (including phenoxy) is 1. The Morgan fingerprint density at radius 3 is 2.59 bits per heavy atom. The number of hydrogen-bond donors (Lipinski definition) is 1. The van der Waals surface area contributed by atoms with Crippen LogP contribution in [0.1, 0.15) is 11.1 Å². The molecular weight excluding hydrogens is 387 g/mol. The molecule has 0 bridgehead atoms. The molecule has 0 atom stereocenters. The zero-order valence-corrected chi connectivity index (χ0v) is 16.1. The van der Waals surface area contributed by atoms with E-state index in [4.69, 9.17) is 17.0 Å². The van der Waals surface area contributed by atoms with E-state index < -0.39 is 0 Å². The standard InChI is InChI=1S/C22H17FN4OS/c23-19-8-4-7-18(13-19)21-25-26-22(29)27(21)24-14-16-9-11-20(12-10-16)28-15-17-5-2-1-3-6-17/h1-14H,15H2,(H,26,29)/b24-14-. The van der Waals surface area contributed by atoms with Crippen LogP contribution in [-0.2, 0) is 6.61 Å². The minimum absolute atomic E-state index is 0.323. The summed E-state index contributed by atoms with van der Waals surface area (Å²) in [6, 6.07) is 23.7. The summed E-state index contributed by atoms with van der Waals surface area (Å²) in [4.78, 5) is 0. The van der Waals surface area contributed by atoms with Gasteiger partial charge in [0.05, 0.1) is 6.21 Å². The highest BCUT2D eigenvalue weighted by Gasteiger charge is 2.08. The lowest BCUT2D eigenvalue weighted by Crippen LogP contribution is -1.96. The molecule has 3 aromatic carbocycles. The van der Waals surface area contributed by atoms with Crippen LogP contribution in [0.3, 0.4) is 0 Å². The lowest BCUT2D eigenvalue weighted by atomic mass is 10.2. The minimum Gasteiger partial charge on any atom is -0.489 e. The van der Waals surface area contributed by atoms with Crippen LogP contribution in [-0.4, -0.2) is 21.1 Å². The molecule has 0 saturated carbocycles. The fourth-order valence-electron chi connectivity index (χ4n) is 2.73. The van der Waals surface area contributed by atoms with Gasteiger partial charge in [-0.15, -0.1) is 0 Å². The molecule has 0 spiro atoms. The number of nitrogens with zero attached hydrogens (tertiary/aromatic N) is 3. The zero-order chi connectivity index (χ0) is 20.1. The summed E-state index contributed by atoms with van der Waals surface area (Å²) in [5, 5.41) is 11.2. The van der Waals surface area contributed by atoms with Crippen molar-refractivity contribution in [1.29, 1.82) is 0 Å². The third-order valence-electron chi connectivity index (χ3n) is 4.18. The van der Waals surface area contributed by atoms with Crippen molar-refractivity contribution in [3.05, 3.63) is 101 Å². The molecule has 0 amide bonds. The van der Waals surface area contributed by atoms with E-state index in [1.807, 2.05) is 54.6 Å². The summed E-state index contributed by atoms with van der Waals surface area (Å²) in [7, 11) is 0. The largest absolute Gasteiger partial charge is 0.489 e. The smallest absolute Gasteiger partial charge is 0.216 e. The first-order valence-electron chi connectivity index (χ1n) is 8.93. The Kier molecular flexibility index (Phi) is 5.58. The molecule has 0 aliphatic heterocycles. The zero-order valence-electron chi connectivity index (χ0n) is 15.3. The fraction of sp³-hybridized carbons (Fsp3) is 0.0455. The van der Waals surface area contributed by atoms with Gasteiger partial charge in [0.2, 0.25) is 4.77 Å². The van der Waals surface area contributed by atoms with Crippen LogP contribution in [0.25, 0.3) is 11.4 Å². The molecule has 0 radical (unpaired) electrons. The van der Waals surface area contributed by atoms with Gasteiger partial charge in [0.1, 0.15) is 18.2 Å². The van der Waals surface area contributed by atoms with E-state index in [0.717, 1.165) is 16.9 Å². The van der Waals surface area contributed by atoms with Crippen LogP contribution in [0, 0.1) is 10.6 Å². The van der Waals surface area contributed by atoms with Gasteiger partial charge in [0.25, 0.3) is 0 Å². The molecule has 0 aliphatic rings. The SMILES string of the molecule is Fc1cccc(-c2n[nH]c(=S)n2/N=C\c2ccc(OCc3ccccc3)cc2)c1. The highest BCUT2D eigenvalue weighted by Crippen LogP contribution is 2.18. The van der Waals surface area contributed by atoms with Gasteiger partial charge >= 0.3 is 0 Å². The summed E-state index contributed by atoms with van der Waals surface area (Å²) < 4.78 is 21.1. The summed E-state index contributed by atoms with van der Waals surface area (Å²) in [5.41, 5.74) is 2.56. The Bertz CT molecular complexity index is 1180. The van der Waals surface area contributed by atoms with Crippen molar-refractivity contribution in [3.8, 4) is 17.1 Å². The van der Waals surface area contributed by atoms with Crippen molar-refractivity contribution >= 4 is 18.4 Å². The average Bonchev–Trinajstić information content (AvgIpc) is 3.12. The first kappa shape index (κ1) is 18.8. The maximum absolute atomic E-state index is 13.5. The topological polar surface area (TPSA) is 55.2 Å². The van der Waals surface area contributed by atoms with Gasteiger partial charge in [-0.05, 0) is 59.7 Å². The average molecular weight is 404 g/mol. The first-order valence-corrected chi connectivity index (χ1v) is 9.34. The van der Waals surface area contributed by atoms with Crippen LogP contribution in [0.2, 0.25) is 0 Å². The summed E-state index contributed by atoms with van der Waals surface area (Å²) >= 11 is 5.24. The number of halogens is 1. The molecule has 0 unspecified atom stereocenters. The van der Waals surface area contributed by atoms with Crippen LogP contribution in [0.5, 0.6) is 5.75 Å². The second-order valence-corrected chi connectivity index (χ2v) is 6.65. The maximum atomic E-state index is 13.5. The molecular formula is C22H17FN4OS. The maximum Gasteiger partial charge on any atom is 0.216 e. The lowest BCUT2D eigenvalue weighted by molar-refractivity contribution is 0.306. The molecule has 4 aromatic rings. The van der Waals surface area contributed by atoms with Crippen molar-refractivity contribution in [2.75, 3.05) is 0 Å². The molecule has 0 fully saturated rings. The van der Waals surface area contributed by atoms with Gasteiger partial charge in [-0.25, -0.2) is 9.49 Å². The van der Waals surface area contributed by atoms with Crippen molar-refractivity contribution in [2.45, 2.75) is 6.61 Å². The van der Waals surface area contributed by atoms with Crippen LogP contribution in [0.15, 0.2) is 84.0 Å². The van der Waals surface area contributed by atoms with Crippen molar-refractivity contribution in [1.82, 2.24) is 14.9 Å². The number of aromatic nitrogens is 3. The van der Waals surface area contributed by atoms with Gasteiger partial charge in [0, 0.05) is 5.56 Å². The van der Waals surface area contributed by atoms with Crippen LogP contribution >= 0.6 is 12.2 Å². The second kappa shape index (κ2) is 8.62. The molecule has 1 N–H and O–H groups in total. The molecule has 0 aliphatic carbocycles.